The van der Waals surface area contributed by atoms with Crippen LogP contribution in [0.15, 0.2) is 66.8 Å². The van der Waals surface area contributed by atoms with Crippen molar-refractivity contribution in [1.82, 2.24) is 4.90 Å². The van der Waals surface area contributed by atoms with E-state index in [9.17, 15) is 19.5 Å². The Hall–Kier alpha value is -3.49. The highest BCUT2D eigenvalue weighted by molar-refractivity contribution is 6.06. The number of likely N-dealkylation sites (tertiary alicyclic amines) is 1. The van der Waals surface area contributed by atoms with Gasteiger partial charge in [0.2, 0.25) is 5.91 Å². The zero-order valence-corrected chi connectivity index (χ0v) is 21.2. The van der Waals surface area contributed by atoms with Crippen LogP contribution in [0.4, 0.5) is 5.69 Å². The van der Waals surface area contributed by atoms with Crippen molar-refractivity contribution >= 4 is 34.2 Å². The molecule has 2 amide bonds. The van der Waals surface area contributed by atoms with Crippen LogP contribution >= 0.6 is 0 Å². The zero-order valence-electron chi connectivity index (χ0n) is 21.2. The largest absolute Gasteiger partial charge is 0.465 e. The van der Waals surface area contributed by atoms with Crippen molar-refractivity contribution in [1.29, 1.82) is 0 Å². The van der Waals surface area contributed by atoms with E-state index in [0.717, 1.165) is 22.9 Å². The molecule has 8 heteroatoms. The lowest BCUT2D eigenvalue weighted by Gasteiger charge is -2.35. The van der Waals surface area contributed by atoms with Gasteiger partial charge in [-0.3, -0.25) is 14.4 Å². The number of nitrogens with zero attached hydrogens (tertiary/aromatic N) is 2. The molecule has 2 fully saturated rings. The van der Waals surface area contributed by atoms with Crippen LogP contribution in [0.25, 0.3) is 10.8 Å². The summed E-state index contributed by atoms with van der Waals surface area (Å²) in [4.78, 5) is 44.9. The average Bonchev–Trinajstić information content (AvgIpc) is 3.29. The fourth-order valence-electron chi connectivity index (χ4n) is 6.49. The number of esters is 1. The Balaban J connectivity index is 1.41. The molecule has 2 saturated heterocycles. The number of aliphatic hydroxyl groups excluding tert-OH is 1. The third-order valence-electron chi connectivity index (χ3n) is 8.22. The molecular weight excluding hydrogens is 484 g/mol. The summed E-state index contributed by atoms with van der Waals surface area (Å²) < 4.78 is 12.1. The second-order valence-corrected chi connectivity index (χ2v) is 10.4. The predicted octanol–water partition coefficient (Wildman–Crippen LogP) is 2.99. The number of hydrogen-bond donors (Lipinski definition) is 1. The third kappa shape index (κ3) is 3.94. The average molecular weight is 517 g/mol. The monoisotopic (exact) mass is 516 g/mol. The number of aliphatic hydroxyl groups is 1. The molecule has 8 nitrogen and oxygen atoms in total. The zero-order chi connectivity index (χ0) is 26.3. The van der Waals surface area contributed by atoms with Crippen LogP contribution in [-0.2, 0) is 23.9 Å². The molecule has 0 aliphatic carbocycles. The van der Waals surface area contributed by atoms with Gasteiger partial charge in [0.05, 0.1) is 18.6 Å². The highest BCUT2D eigenvalue weighted by atomic mass is 16.6. The second-order valence-electron chi connectivity index (χ2n) is 10.4. The van der Waals surface area contributed by atoms with Gasteiger partial charge in [-0.25, -0.2) is 0 Å². The summed E-state index contributed by atoms with van der Waals surface area (Å²) in [6.45, 7) is 1.00. The number of carbonyl (C=O) groups is 3. The first kappa shape index (κ1) is 24.8. The van der Waals surface area contributed by atoms with Gasteiger partial charge in [0.1, 0.15) is 17.6 Å². The van der Waals surface area contributed by atoms with Gasteiger partial charge < -0.3 is 24.4 Å². The SMILES string of the molecule is O=C1OCCC=C[C@H]2OC34C=CCN(c5ccc6ccccc6c5)C(=O)[C@H]3N(CCCCCO)C(=O)[C@@H]4C12. The standard InChI is InChI=1S/C30H32N2O6/c33-17-6-1-5-15-32-26-28(35)31(22-13-12-20-9-2-3-10-21(20)19-22)16-8-14-30(26)25(27(32)34)24-23(38-30)11-4-7-18-37-29(24)36/h2-4,8-14,19,23-26,33H,1,5-7,15-18H2/t23-,24?,25+,26-,30?/m1/s1. The summed E-state index contributed by atoms with van der Waals surface area (Å²) in [5, 5.41) is 11.3. The molecule has 2 aromatic carbocycles. The lowest BCUT2D eigenvalue weighted by molar-refractivity contribution is -0.154. The summed E-state index contributed by atoms with van der Waals surface area (Å²) in [7, 11) is 0. The van der Waals surface area contributed by atoms with Crippen LogP contribution < -0.4 is 4.90 Å². The Kier molecular flexibility index (Phi) is 6.53. The van der Waals surface area contributed by atoms with Crippen LogP contribution in [0.1, 0.15) is 25.7 Å². The molecule has 5 atom stereocenters. The number of carbonyl (C=O) groups excluding carboxylic acids is 3. The molecule has 6 rings (SSSR count). The number of unbranched alkanes of at least 4 members (excludes halogenated alkanes) is 2. The minimum absolute atomic E-state index is 0.0758. The number of benzene rings is 2. The first-order valence-corrected chi connectivity index (χ1v) is 13.5. The summed E-state index contributed by atoms with van der Waals surface area (Å²) in [5.74, 6) is -2.59. The van der Waals surface area contributed by atoms with Crippen LogP contribution in [-0.4, -0.2) is 71.8 Å². The lowest BCUT2D eigenvalue weighted by atomic mass is 9.77. The van der Waals surface area contributed by atoms with E-state index >= 15 is 0 Å². The molecule has 2 unspecified atom stereocenters. The number of fused-ring (bicyclic) bond motifs is 3. The van der Waals surface area contributed by atoms with Gasteiger partial charge in [-0.1, -0.05) is 54.6 Å². The second kappa shape index (κ2) is 10.0. The van der Waals surface area contributed by atoms with Crippen LogP contribution in [0.5, 0.6) is 0 Å². The molecular formula is C30H32N2O6. The summed E-state index contributed by atoms with van der Waals surface area (Å²) >= 11 is 0. The van der Waals surface area contributed by atoms with E-state index in [0.29, 0.717) is 32.4 Å². The van der Waals surface area contributed by atoms with E-state index < -0.39 is 35.6 Å². The van der Waals surface area contributed by atoms with E-state index in [1.54, 1.807) is 9.80 Å². The van der Waals surface area contributed by atoms with Crippen molar-refractivity contribution in [2.75, 3.05) is 31.2 Å². The van der Waals surface area contributed by atoms with Gasteiger partial charge in [0.25, 0.3) is 5.91 Å². The number of hydrogen-bond acceptors (Lipinski definition) is 6. The van der Waals surface area contributed by atoms with E-state index in [1.165, 1.54) is 0 Å². The molecule has 4 aliphatic heterocycles. The van der Waals surface area contributed by atoms with Crippen molar-refractivity contribution in [2.24, 2.45) is 11.8 Å². The minimum Gasteiger partial charge on any atom is -0.465 e. The van der Waals surface area contributed by atoms with Crippen LogP contribution in [0, 0.1) is 11.8 Å². The molecule has 0 aromatic heterocycles. The topological polar surface area (TPSA) is 96.4 Å². The summed E-state index contributed by atoms with van der Waals surface area (Å²) in [5.41, 5.74) is -0.519. The van der Waals surface area contributed by atoms with Gasteiger partial charge in [-0.2, -0.15) is 0 Å². The predicted molar refractivity (Wildman–Crippen MR) is 141 cm³/mol. The van der Waals surface area contributed by atoms with Gasteiger partial charge in [-0.15, -0.1) is 0 Å². The third-order valence-corrected chi connectivity index (χ3v) is 8.22. The Labute approximate surface area is 221 Å². The van der Waals surface area contributed by atoms with Crippen molar-refractivity contribution in [2.45, 2.75) is 43.4 Å². The lowest BCUT2D eigenvalue weighted by Crippen LogP contribution is -2.55. The molecule has 0 bridgehead atoms. The maximum Gasteiger partial charge on any atom is 0.312 e. The summed E-state index contributed by atoms with van der Waals surface area (Å²) in [6, 6.07) is 13.0. The van der Waals surface area contributed by atoms with E-state index in [2.05, 4.69) is 0 Å². The van der Waals surface area contributed by atoms with Gasteiger partial charge in [-0.05, 0) is 48.6 Å². The van der Waals surface area contributed by atoms with E-state index in [-0.39, 0.29) is 25.0 Å². The van der Waals surface area contributed by atoms with Crippen molar-refractivity contribution in [3.63, 3.8) is 0 Å². The molecule has 38 heavy (non-hydrogen) atoms. The Bertz CT molecular complexity index is 1320. The molecule has 4 heterocycles. The fourth-order valence-corrected chi connectivity index (χ4v) is 6.49. The maximum absolute atomic E-state index is 14.4. The molecule has 4 aliphatic rings. The number of ether oxygens (including phenoxy) is 2. The minimum atomic E-state index is -1.26. The van der Waals surface area contributed by atoms with Crippen molar-refractivity contribution < 1.29 is 29.0 Å². The van der Waals surface area contributed by atoms with Gasteiger partial charge >= 0.3 is 5.97 Å². The smallest absolute Gasteiger partial charge is 0.312 e. The Morgan fingerprint density at radius 3 is 2.66 bits per heavy atom. The molecule has 2 aromatic rings. The quantitative estimate of drug-likeness (QED) is 0.360. The Morgan fingerprint density at radius 2 is 1.82 bits per heavy atom. The molecule has 0 radical (unpaired) electrons. The molecule has 0 saturated carbocycles. The molecule has 1 spiro atoms. The molecule has 198 valence electrons. The summed E-state index contributed by atoms with van der Waals surface area (Å²) in [6.07, 6.45) is 9.41. The van der Waals surface area contributed by atoms with Crippen molar-refractivity contribution in [3.05, 3.63) is 66.8 Å². The van der Waals surface area contributed by atoms with Crippen LogP contribution in [0.3, 0.4) is 0 Å². The van der Waals surface area contributed by atoms with Gasteiger partial charge in [0.15, 0.2) is 0 Å². The first-order valence-electron chi connectivity index (χ1n) is 13.5. The number of rotatable bonds is 6. The van der Waals surface area contributed by atoms with Crippen LogP contribution in [0.2, 0.25) is 0 Å². The first-order chi connectivity index (χ1) is 18.5. The van der Waals surface area contributed by atoms with Crippen molar-refractivity contribution in [3.8, 4) is 0 Å². The number of cyclic esters (lactones) is 1. The van der Waals surface area contributed by atoms with E-state index in [1.807, 2.05) is 66.8 Å². The fraction of sp³-hybridized carbons (Fsp3) is 0.433. The highest BCUT2D eigenvalue weighted by Gasteiger charge is 2.71. The van der Waals surface area contributed by atoms with E-state index in [4.69, 9.17) is 9.47 Å². The normalized spacial score (nSPS) is 30.5. The maximum atomic E-state index is 14.4. The number of anilines is 1. The highest BCUT2D eigenvalue weighted by Crippen LogP contribution is 2.53. The number of amides is 2. The molecule has 1 N–H and O–H groups in total. The Morgan fingerprint density at radius 1 is 0.974 bits per heavy atom. The van der Waals surface area contributed by atoms with Gasteiger partial charge in [0, 0.05) is 25.4 Å².